The maximum Gasteiger partial charge on any atom is 0.189 e. The molecular weight excluding hydrogens is 214 g/mol. The lowest BCUT2D eigenvalue weighted by atomic mass is 10.1. The molecule has 0 fully saturated rings. The molecule has 0 aliphatic rings. The molecule has 0 saturated heterocycles. The van der Waals surface area contributed by atoms with E-state index in [9.17, 15) is 0 Å². The second kappa shape index (κ2) is 6.91. The van der Waals surface area contributed by atoms with Crippen molar-refractivity contribution in [1.29, 1.82) is 0 Å². The Morgan fingerprint density at radius 1 is 1.41 bits per heavy atom. The highest BCUT2D eigenvalue weighted by atomic mass is 16.5. The average Bonchev–Trinajstić information content (AvgIpc) is 2.26. The third kappa shape index (κ3) is 5.36. The molecule has 0 heterocycles. The highest BCUT2D eigenvalue weighted by Gasteiger charge is 1.97. The third-order valence-corrected chi connectivity index (χ3v) is 2.17. The Labute approximate surface area is 103 Å². The molecule has 4 nitrogen and oxygen atoms in total. The standard InChI is InChI=1S/C13H21N3O/c1-10(2)16-13(14)15-8-11-5-4-6-12(7-11)9-17-3/h4-7,10H,8-9H2,1-3H3,(H3,14,15,16). The predicted octanol–water partition coefficient (Wildman–Crippen LogP) is 1.65. The fraction of sp³-hybridized carbons (Fsp3) is 0.462. The van der Waals surface area contributed by atoms with Crippen LogP contribution in [0, 0.1) is 0 Å². The normalized spacial score (nSPS) is 11.9. The summed E-state index contributed by atoms with van der Waals surface area (Å²) in [5.41, 5.74) is 8.01. The van der Waals surface area contributed by atoms with Crippen LogP contribution in [0.3, 0.4) is 0 Å². The van der Waals surface area contributed by atoms with Gasteiger partial charge in [0.05, 0.1) is 13.2 Å². The number of ether oxygens (including phenoxy) is 1. The SMILES string of the molecule is COCc1cccc(CN=C(N)NC(C)C)c1. The van der Waals surface area contributed by atoms with E-state index in [0.717, 1.165) is 11.1 Å². The molecule has 94 valence electrons. The van der Waals surface area contributed by atoms with Crippen LogP contribution in [0.1, 0.15) is 25.0 Å². The van der Waals surface area contributed by atoms with Crippen molar-refractivity contribution in [2.24, 2.45) is 10.7 Å². The molecule has 0 aliphatic heterocycles. The zero-order valence-electron chi connectivity index (χ0n) is 10.7. The average molecular weight is 235 g/mol. The Kier molecular flexibility index (Phi) is 5.49. The molecular formula is C13H21N3O. The summed E-state index contributed by atoms with van der Waals surface area (Å²) in [5.74, 6) is 0.483. The first kappa shape index (κ1) is 13.5. The molecule has 0 bridgehead atoms. The lowest BCUT2D eigenvalue weighted by Crippen LogP contribution is -2.36. The molecule has 17 heavy (non-hydrogen) atoms. The first-order valence-electron chi connectivity index (χ1n) is 5.75. The molecule has 0 unspecified atom stereocenters. The van der Waals surface area contributed by atoms with Gasteiger partial charge in [-0.05, 0) is 25.0 Å². The number of hydrogen-bond donors (Lipinski definition) is 2. The Bertz CT molecular complexity index is 375. The van der Waals surface area contributed by atoms with E-state index in [2.05, 4.69) is 16.4 Å². The molecule has 1 aromatic rings. The molecule has 0 radical (unpaired) electrons. The van der Waals surface area contributed by atoms with E-state index in [1.54, 1.807) is 7.11 Å². The van der Waals surface area contributed by atoms with Gasteiger partial charge in [-0.3, -0.25) is 0 Å². The monoisotopic (exact) mass is 235 g/mol. The topological polar surface area (TPSA) is 59.6 Å². The maximum atomic E-state index is 5.73. The highest BCUT2D eigenvalue weighted by Crippen LogP contribution is 2.07. The molecule has 1 aromatic carbocycles. The van der Waals surface area contributed by atoms with E-state index in [0.29, 0.717) is 25.2 Å². The van der Waals surface area contributed by atoms with Crippen molar-refractivity contribution in [3.63, 3.8) is 0 Å². The van der Waals surface area contributed by atoms with Gasteiger partial charge in [0.1, 0.15) is 0 Å². The lowest BCUT2D eigenvalue weighted by Gasteiger charge is -2.08. The molecule has 1 rings (SSSR count). The third-order valence-electron chi connectivity index (χ3n) is 2.17. The van der Waals surface area contributed by atoms with E-state index < -0.39 is 0 Å². The van der Waals surface area contributed by atoms with Gasteiger partial charge in [-0.2, -0.15) is 0 Å². The number of benzene rings is 1. The van der Waals surface area contributed by atoms with Crippen LogP contribution in [0.15, 0.2) is 29.3 Å². The number of rotatable bonds is 5. The number of nitrogens with two attached hydrogens (primary N) is 1. The summed E-state index contributed by atoms with van der Waals surface area (Å²) in [7, 11) is 1.69. The fourth-order valence-electron chi connectivity index (χ4n) is 1.50. The van der Waals surface area contributed by atoms with Crippen LogP contribution in [0.2, 0.25) is 0 Å². The van der Waals surface area contributed by atoms with Crippen LogP contribution in [0.4, 0.5) is 0 Å². The lowest BCUT2D eigenvalue weighted by molar-refractivity contribution is 0.185. The molecule has 0 aliphatic carbocycles. The molecule has 0 spiro atoms. The van der Waals surface area contributed by atoms with Crippen LogP contribution < -0.4 is 11.1 Å². The first-order valence-corrected chi connectivity index (χ1v) is 5.75. The maximum absolute atomic E-state index is 5.73. The zero-order valence-corrected chi connectivity index (χ0v) is 10.7. The first-order chi connectivity index (χ1) is 8.11. The number of nitrogens with one attached hydrogen (secondary N) is 1. The van der Waals surface area contributed by atoms with Gasteiger partial charge >= 0.3 is 0 Å². The minimum absolute atomic E-state index is 0.304. The van der Waals surface area contributed by atoms with E-state index in [1.165, 1.54) is 0 Å². The Morgan fingerprint density at radius 2 is 2.12 bits per heavy atom. The summed E-state index contributed by atoms with van der Waals surface area (Å²) in [5, 5.41) is 3.06. The van der Waals surface area contributed by atoms with Crippen LogP contribution in [0.25, 0.3) is 0 Å². The zero-order chi connectivity index (χ0) is 12.7. The van der Waals surface area contributed by atoms with Crippen molar-refractivity contribution in [3.8, 4) is 0 Å². The summed E-state index contributed by atoms with van der Waals surface area (Å²) in [6.45, 7) is 5.27. The summed E-state index contributed by atoms with van der Waals surface area (Å²) in [6.07, 6.45) is 0. The van der Waals surface area contributed by atoms with Crippen LogP contribution >= 0.6 is 0 Å². The van der Waals surface area contributed by atoms with Gasteiger partial charge in [-0.1, -0.05) is 24.3 Å². The minimum atomic E-state index is 0.304. The van der Waals surface area contributed by atoms with Crippen LogP contribution in [0.5, 0.6) is 0 Å². The molecule has 3 N–H and O–H groups in total. The van der Waals surface area contributed by atoms with Crippen molar-refractivity contribution < 1.29 is 4.74 Å². The Hall–Kier alpha value is -1.55. The van der Waals surface area contributed by atoms with E-state index in [-0.39, 0.29) is 0 Å². The molecule has 0 saturated carbocycles. The van der Waals surface area contributed by atoms with Gasteiger partial charge < -0.3 is 15.8 Å². The molecule has 4 heteroatoms. The van der Waals surface area contributed by atoms with E-state index in [4.69, 9.17) is 10.5 Å². The van der Waals surface area contributed by atoms with Crippen molar-refractivity contribution in [2.75, 3.05) is 7.11 Å². The Morgan fingerprint density at radius 3 is 2.76 bits per heavy atom. The number of nitrogens with zero attached hydrogens (tertiary/aromatic N) is 1. The van der Waals surface area contributed by atoms with Gasteiger partial charge in [0.2, 0.25) is 0 Å². The summed E-state index contributed by atoms with van der Waals surface area (Å²) in [6, 6.07) is 8.46. The van der Waals surface area contributed by atoms with Gasteiger partial charge in [0.15, 0.2) is 5.96 Å². The predicted molar refractivity (Wildman–Crippen MR) is 70.8 cm³/mol. The molecule has 0 amide bonds. The second-order valence-corrected chi connectivity index (χ2v) is 4.25. The van der Waals surface area contributed by atoms with Crippen molar-refractivity contribution >= 4 is 5.96 Å². The van der Waals surface area contributed by atoms with Gasteiger partial charge in [0, 0.05) is 13.2 Å². The van der Waals surface area contributed by atoms with Gasteiger partial charge in [-0.15, -0.1) is 0 Å². The number of methoxy groups -OCH3 is 1. The van der Waals surface area contributed by atoms with Crippen molar-refractivity contribution in [3.05, 3.63) is 35.4 Å². The number of aliphatic imine (C=N–C) groups is 1. The second-order valence-electron chi connectivity index (χ2n) is 4.25. The summed E-state index contributed by atoms with van der Waals surface area (Å²) < 4.78 is 5.09. The number of hydrogen-bond acceptors (Lipinski definition) is 2. The number of guanidine groups is 1. The van der Waals surface area contributed by atoms with E-state index >= 15 is 0 Å². The van der Waals surface area contributed by atoms with Crippen molar-refractivity contribution in [2.45, 2.75) is 33.0 Å². The quantitative estimate of drug-likeness (QED) is 0.602. The van der Waals surface area contributed by atoms with Crippen LogP contribution in [-0.4, -0.2) is 19.1 Å². The van der Waals surface area contributed by atoms with Crippen LogP contribution in [-0.2, 0) is 17.9 Å². The largest absolute Gasteiger partial charge is 0.380 e. The van der Waals surface area contributed by atoms with Crippen molar-refractivity contribution in [1.82, 2.24) is 5.32 Å². The van der Waals surface area contributed by atoms with Gasteiger partial charge in [-0.25, -0.2) is 4.99 Å². The smallest absolute Gasteiger partial charge is 0.189 e. The fourth-order valence-corrected chi connectivity index (χ4v) is 1.50. The molecule has 0 atom stereocenters. The summed E-state index contributed by atoms with van der Waals surface area (Å²) in [4.78, 5) is 4.28. The van der Waals surface area contributed by atoms with E-state index in [1.807, 2.05) is 32.0 Å². The minimum Gasteiger partial charge on any atom is -0.380 e. The molecule has 0 aromatic heterocycles. The summed E-state index contributed by atoms with van der Waals surface area (Å²) >= 11 is 0. The van der Waals surface area contributed by atoms with Gasteiger partial charge in [0.25, 0.3) is 0 Å². The highest BCUT2D eigenvalue weighted by molar-refractivity contribution is 5.78. The Balaban J connectivity index is 2.59.